The minimum absolute atomic E-state index is 0.0427. The number of halogens is 2. The van der Waals surface area contributed by atoms with E-state index in [1.54, 1.807) is 54.6 Å². The number of amides is 2. The molecule has 1 aliphatic rings. The highest BCUT2D eigenvalue weighted by Crippen LogP contribution is 2.21. The minimum Gasteiger partial charge on any atom is -0.454 e. The number of ether oxygens (including phenoxy) is 1. The van der Waals surface area contributed by atoms with E-state index < -0.39 is 35.6 Å². The van der Waals surface area contributed by atoms with E-state index in [2.05, 4.69) is 5.43 Å². The smallest absolute Gasteiger partial charge is 0.312 e. The van der Waals surface area contributed by atoms with Crippen molar-refractivity contribution in [1.29, 1.82) is 0 Å². The molecule has 0 spiro atoms. The Bertz CT molecular complexity index is 966. The van der Waals surface area contributed by atoms with Gasteiger partial charge in [0.15, 0.2) is 6.10 Å². The summed E-state index contributed by atoms with van der Waals surface area (Å²) in [6.45, 7) is -0.0427. The van der Waals surface area contributed by atoms with Gasteiger partial charge in [0.25, 0.3) is 5.91 Å². The highest BCUT2D eigenvalue weighted by molar-refractivity contribution is 6.30. The van der Waals surface area contributed by atoms with Crippen molar-refractivity contribution < 1.29 is 23.9 Å². The SMILES string of the molecule is O=C(NN1C[C@@H](C(=O)O[C@@H](CCCl)C(=O)c2ccc(Cl)cc2)CC1=O)c1ccccc1. The largest absolute Gasteiger partial charge is 0.454 e. The number of carbonyl (C=O) groups excluding carboxylic acids is 4. The molecule has 3 rings (SSSR count). The van der Waals surface area contributed by atoms with Gasteiger partial charge >= 0.3 is 5.97 Å². The fourth-order valence-electron chi connectivity index (χ4n) is 3.13. The number of carbonyl (C=O) groups is 4. The third-order valence-electron chi connectivity index (χ3n) is 4.78. The minimum atomic E-state index is -1.07. The zero-order valence-electron chi connectivity index (χ0n) is 16.4. The number of ketones is 1. The average Bonchev–Trinajstić information content (AvgIpc) is 3.14. The molecule has 2 atom stereocenters. The summed E-state index contributed by atoms with van der Waals surface area (Å²) >= 11 is 11.6. The summed E-state index contributed by atoms with van der Waals surface area (Å²) in [7, 11) is 0. The van der Waals surface area contributed by atoms with Gasteiger partial charge in [0, 0.05) is 34.9 Å². The van der Waals surface area contributed by atoms with Crippen LogP contribution in [0.25, 0.3) is 0 Å². The zero-order valence-corrected chi connectivity index (χ0v) is 17.9. The summed E-state index contributed by atoms with van der Waals surface area (Å²) in [6, 6.07) is 14.6. The Kier molecular flexibility index (Phi) is 7.65. The third-order valence-corrected chi connectivity index (χ3v) is 5.25. The molecule has 1 aliphatic heterocycles. The van der Waals surface area contributed by atoms with Gasteiger partial charge in [0.1, 0.15) is 0 Å². The lowest BCUT2D eigenvalue weighted by atomic mass is 10.0. The Morgan fingerprint density at radius 3 is 2.39 bits per heavy atom. The highest BCUT2D eigenvalue weighted by Gasteiger charge is 2.38. The van der Waals surface area contributed by atoms with Gasteiger partial charge in [0.2, 0.25) is 11.7 Å². The molecule has 2 aromatic rings. The molecular formula is C22H20Cl2N2O5. The number of hydrogen-bond donors (Lipinski definition) is 1. The number of benzene rings is 2. The summed E-state index contributed by atoms with van der Waals surface area (Å²) in [5.41, 5.74) is 3.22. The molecule has 2 aromatic carbocycles. The quantitative estimate of drug-likeness (QED) is 0.369. The molecule has 9 heteroatoms. The van der Waals surface area contributed by atoms with Crippen LogP contribution in [-0.2, 0) is 14.3 Å². The molecule has 2 amide bonds. The van der Waals surface area contributed by atoms with Crippen LogP contribution < -0.4 is 5.43 Å². The Morgan fingerprint density at radius 2 is 1.74 bits per heavy atom. The van der Waals surface area contributed by atoms with E-state index in [4.69, 9.17) is 27.9 Å². The molecule has 0 unspecified atom stereocenters. The first-order valence-corrected chi connectivity index (χ1v) is 10.5. The van der Waals surface area contributed by atoms with Gasteiger partial charge in [-0.25, -0.2) is 0 Å². The van der Waals surface area contributed by atoms with Crippen molar-refractivity contribution in [2.45, 2.75) is 18.9 Å². The highest BCUT2D eigenvalue weighted by atomic mass is 35.5. The number of hydrazine groups is 1. The molecule has 0 radical (unpaired) electrons. The van der Waals surface area contributed by atoms with Gasteiger partial charge in [-0.1, -0.05) is 29.8 Å². The van der Waals surface area contributed by atoms with Crippen molar-refractivity contribution in [3.05, 3.63) is 70.7 Å². The Labute approximate surface area is 189 Å². The lowest BCUT2D eigenvalue weighted by Gasteiger charge is -2.19. The maximum Gasteiger partial charge on any atom is 0.312 e. The van der Waals surface area contributed by atoms with Crippen molar-refractivity contribution >= 4 is 46.8 Å². The molecule has 7 nitrogen and oxygen atoms in total. The van der Waals surface area contributed by atoms with Gasteiger partial charge in [-0.15, -0.1) is 11.6 Å². The first-order chi connectivity index (χ1) is 14.9. The van der Waals surface area contributed by atoms with Crippen LogP contribution in [0.5, 0.6) is 0 Å². The lowest BCUT2D eigenvalue weighted by Crippen LogP contribution is -2.43. The summed E-state index contributed by atoms with van der Waals surface area (Å²) in [5, 5.41) is 1.57. The van der Waals surface area contributed by atoms with Crippen molar-refractivity contribution in [3.8, 4) is 0 Å². The molecule has 0 aliphatic carbocycles. The van der Waals surface area contributed by atoms with E-state index in [9.17, 15) is 19.2 Å². The normalized spacial score (nSPS) is 16.6. The summed E-state index contributed by atoms with van der Waals surface area (Å²) in [5.74, 6) is -2.66. The topological polar surface area (TPSA) is 92.8 Å². The molecule has 1 heterocycles. The summed E-state index contributed by atoms with van der Waals surface area (Å²) in [4.78, 5) is 49.9. The van der Waals surface area contributed by atoms with Crippen LogP contribution in [0.1, 0.15) is 33.6 Å². The lowest BCUT2D eigenvalue weighted by molar-refractivity contribution is -0.151. The van der Waals surface area contributed by atoms with Crippen molar-refractivity contribution in [2.75, 3.05) is 12.4 Å². The predicted octanol–water partition coefficient (Wildman–Crippen LogP) is 3.26. The Morgan fingerprint density at radius 1 is 1.06 bits per heavy atom. The van der Waals surface area contributed by atoms with Crippen molar-refractivity contribution in [2.24, 2.45) is 5.92 Å². The van der Waals surface area contributed by atoms with Gasteiger partial charge in [-0.2, -0.15) is 0 Å². The second kappa shape index (κ2) is 10.4. The van der Waals surface area contributed by atoms with E-state index >= 15 is 0 Å². The molecular weight excluding hydrogens is 443 g/mol. The second-order valence-electron chi connectivity index (χ2n) is 6.99. The fraction of sp³-hybridized carbons (Fsp3) is 0.273. The van der Waals surface area contributed by atoms with E-state index in [1.165, 1.54) is 0 Å². The average molecular weight is 463 g/mol. The van der Waals surface area contributed by atoms with Crippen molar-refractivity contribution in [1.82, 2.24) is 10.4 Å². The Balaban J connectivity index is 1.62. The molecule has 162 valence electrons. The molecule has 0 bridgehead atoms. The maximum absolute atomic E-state index is 12.7. The van der Waals surface area contributed by atoms with Gasteiger partial charge in [-0.3, -0.25) is 29.6 Å². The second-order valence-corrected chi connectivity index (χ2v) is 7.80. The van der Waals surface area contributed by atoms with Crippen molar-refractivity contribution in [3.63, 3.8) is 0 Å². The van der Waals surface area contributed by atoms with Crippen LogP contribution in [-0.4, -0.2) is 47.1 Å². The van der Waals surface area contributed by atoms with Crippen LogP contribution >= 0.6 is 23.2 Å². The maximum atomic E-state index is 12.7. The first-order valence-electron chi connectivity index (χ1n) is 9.61. The number of Topliss-reactive ketones (excluding diaryl/α,β-unsaturated/α-hetero) is 1. The van der Waals surface area contributed by atoms with E-state index in [1.807, 2.05) is 0 Å². The number of alkyl halides is 1. The first kappa shape index (κ1) is 22.8. The van der Waals surface area contributed by atoms with Gasteiger partial charge in [-0.05, 0) is 36.4 Å². The molecule has 0 saturated carbocycles. The van der Waals surface area contributed by atoms with Gasteiger partial charge < -0.3 is 4.74 Å². The molecule has 31 heavy (non-hydrogen) atoms. The molecule has 1 saturated heterocycles. The molecule has 1 N–H and O–H groups in total. The number of nitrogens with zero attached hydrogens (tertiary/aromatic N) is 1. The number of esters is 1. The molecule has 0 aromatic heterocycles. The fourth-order valence-corrected chi connectivity index (χ4v) is 3.45. The standard InChI is InChI=1S/C22H20Cl2N2O5/c23-11-10-18(20(28)14-6-8-17(24)9-7-14)31-22(30)16-12-19(27)26(13-16)25-21(29)15-4-2-1-3-5-15/h1-9,16,18H,10-13H2,(H,25,29)/t16-,18-/m0/s1. The summed E-state index contributed by atoms with van der Waals surface area (Å²) < 4.78 is 5.41. The van der Waals surface area contributed by atoms with E-state index in [0.29, 0.717) is 16.1 Å². The number of hydrogen-bond acceptors (Lipinski definition) is 5. The monoisotopic (exact) mass is 462 g/mol. The molecule has 1 fully saturated rings. The van der Waals surface area contributed by atoms with Crippen LogP contribution in [0.2, 0.25) is 5.02 Å². The Hall–Kier alpha value is -2.90. The van der Waals surface area contributed by atoms with Crippen LogP contribution in [0, 0.1) is 5.92 Å². The predicted molar refractivity (Wildman–Crippen MR) is 115 cm³/mol. The zero-order chi connectivity index (χ0) is 22.4. The van der Waals surface area contributed by atoms with E-state index in [-0.39, 0.29) is 25.3 Å². The third kappa shape index (κ3) is 5.83. The van der Waals surface area contributed by atoms with Gasteiger partial charge in [0.05, 0.1) is 12.5 Å². The number of nitrogens with one attached hydrogen (secondary N) is 1. The summed E-state index contributed by atoms with van der Waals surface area (Å²) in [6.07, 6.45) is -1.07. The van der Waals surface area contributed by atoms with Crippen LogP contribution in [0.15, 0.2) is 54.6 Å². The number of rotatable bonds is 8. The van der Waals surface area contributed by atoms with E-state index in [0.717, 1.165) is 5.01 Å². The van der Waals surface area contributed by atoms with Crippen LogP contribution in [0.4, 0.5) is 0 Å². The van der Waals surface area contributed by atoms with Crippen LogP contribution in [0.3, 0.4) is 0 Å².